The third kappa shape index (κ3) is 4.93. The number of methoxy groups -OCH3 is 1. The molecule has 2 aromatic carbocycles. The first-order chi connectivity index (χ1) is 11.0. The zero-order chi connectivity index (χ0) is 16.8. The number of rotatable bonds is 5. The average Bonchev–Trinajstić information content (AvgIpc) is 2.54. The van der Waals surface area contributed by atoms with E-state index in [1.165, 1.54) is 24.2 Å². The number of likely N-dealkylation sites (N-methyl/N-ethyl adjacent to an activating group) is 1. The van der Waals surface area contributed by atoms with Gasteiger partial charge >= 0.3 is 0 Å². The van der Waals surface area contributed by atoms with Crippen LogP contribution in [0.1, 0.15) is 11.1 Å². The first kappa shape index (κ1) is 17.2. The van der Waals surface area contributed by atoms with Crippen LogP contribution in [0.2, 0.25) is 0 Å². The van der Waals surface area contributed by atoms with E-state index in [-0.39, 0.29) is 11.7 Å². The summed E-state index contributed by atoms with van der Waals surface area (Å²) in [5.41, 5.74) is 1.64. The summed E-state index contributed by atoms with van der Waals surface area (Å²) >= 11 is 3.36. The predicted molar refractivity (Wildman–Crippen MR) is 92.6 cm³/mol. The van der Waals surface area contributed by atoms with E-state index in [0.717, 1.165) is 10.0 Å². The maximum absolute atomic E-state index is 13.7. The highest BCUT2D eigenvalue weighted by Crippen LogP contribution is 2.18. The summed E-state index contributed by atoms with van der Waals surface area (Å²) in [7, 11) is 3.09. The van der Waals surface area contributed by atoms with Crippen LogP contribution in [0.5, 0.6) is 5.75 Å². The van der Waals surface area contributed by atoms with E-state index in [1.807, 2.05) is 24.3 Å². The lowest BCUT2D eigenvalue weighted by atomic mass is 10.2. The molecule has 0 atom stereocenters. The molecule has 3 nitrogen and oxygen atoms in total. The van der Waals surface area contributed by atoms with Gasteiger partial charge in [-0.05, 0) is 41.5 Å². The SMILES string of the molecule is COc1ccc(CN(C)C(=O)/C=C/c2ccc(Br)cc2)cc1F. The molecule has 0 N–H and O–H groups in total. The number of ether oxygens (including phenoxy) is 1. The van der Waals surface area contributed by atoms with Crippen LogP contribution in [0.4, 0.5) is 4.39 Å². The van der Waals surface area contributed by atoms with Gasteiger partial charge in [0.25, 0.3) is 0 Å². The van der Waals surface area contributed by atoms with E-state index in [2.05, 4.69) is 15.9 Å². The summed E-state index contributed by atoms with van der Waals surface area (Å²) in [5, 5.41) is 0. The molecule has 0 heterocycles. The van der Waals surface area contributed by atoms with Gasteiger partial charge in [-0.1, -0.05) is 34.1 Å². The molecule has 0 aromatic heterocycles. The maximum Gasteiger partial charge on any atom is 0.246 e. The van der Waals surface area contributed by atoms with Gasteiger partial charge in [0.05, 0.1) is 7.11 Å². The van der Waals surface area contributed by atoms with Crippen molar-refractivity contribution in [3.05, 3.63) is 70.0 Å². The molecule has 2 rings (SSSR count). The summed E-state index contributed by atoms with van der Waals surface area (Å²) in [5.74, 6) is -0.390. The maximum atomic E-state index is 13.7. The van der Waals surface area contributed by atoms with Crippen LogP contribution < -0.4 is 4.74 Å². The highest BCUT2D eigenvalue weighted by atomic mass is 79.9. The third-order valence-electron chi connectivity index (χ3n) is 3.30. The molecule has 0 aliphatic heterocycles. The Balaban J connectivity index is 1.99. The zero-order valence-electron chi connectivity index (χ0n) is 12.9. The molecule has 0 spiro atoms. The molecule has 0 unspecified atom stereocenters. The molecule has 0 saturated carbocycles. The lowest BCUT2D eigenvalue weighted by Gasteiger charge is -2.15. The molecular formula is C18H17BrFNO2. The second kappa shape index (κ2) is 7.92. The molecular weight excluding hydrogens is 361 g/mol. The van der Waals surface area contributed by atoms with E-state index in [4.69, 9.17) is 4.74 Å². The standard InChI is InChI=1S/C18H17BrFNO2/c1-21(12-14-5-9-17(23-2)16(20)11-14)18(22)10-6-13-3-7-15(19)8-4-13/h3-11H,12H2,1-2H3/b10-6+. The van der Waals surface area contributed by atoms with Crippen LogP contribution >= 0.6 is 15.9 Å². The van der Waals surface area contributed by atoms with Crippen LogP contribution in [-0.4, -0.2) is 25.0 Å². The molecule has 23 heavy (non-hydrogen) atoms. The topological polar surface area (TPSA) is 29.5 Å². The Morgan fingerprint density at radius 1 is 1.26 bits per heavy atom. The van der Waals surface area contributed by atoms with Crippen molar-refractivity contribution < 1.29 is 13.9 Å². The van der Waals surface area contributed by atoms with E-state index >= 15 is 0 Å². The van der Waals surface area contributed by atoms with Crippen molar-refractivity contribution in [2.24, 2.45) is 0 Å². The van der Waals surface area contributed by atoms with Gasteiger partial charge in [-0.25, -0.2) is 4.39 Å². The minimum Gasteiger partial charge on any atom is -0.494 e. The Bertz CT molecular complexity index is 713. The number of hydrogen-bond donors (Lipinski definition) is 0. The van der Waals surface area contributed by atoms with Crippen molar-refractivity contribution in [1.82, 2.24) is 4.90 Å². The van der Waals surface area contributed by atoms with Crippen molar-refractivity contribution >= 4 is 27.9 Å². The molecule has 1 amide bonds. The minimum absolute atomic E-state index is 0.149. The molecule has 0 radical (unpaired) electrons. The molecule has 0 aliphatic rings. The van der Waals surface area contributed by atoms with E-state index in [0.29, 0.717) is 12.1 Å². The predicted octanol–water partition coefficient (Wildman–Crippen LogP) is 4.27. The minimum atomic E-state index is -0.434. The van der Waals surface area contributed by atoms with Crippen LogP contribution in [-0.2, 0) is 11.3 Å². The Morgan fingerprint density at radius 3 is 2.57 bits per heavy atom. The van der Waals surface area contributed by atoms with Gasteiger partial charge in [-0.2, -0.15) is 0 Å². The van der Waals surface area contributed by atoms with Gasteiger partial charge in [0.15, 0.2) is 11.6 Å². The smallest absolute Gasteiger partial charge is 0.246 e. The lowest BCUT2D eigenvalue weighted by Crippen LogP contribution is -2.24. The van der Waals surface area contributed by atoms with Crippen molar-refractivity contribution in [2.45, 2.75) is 6.54 Å². The Kier molecular flexibility index (Phi) is 5.93. The second-order valence-corrected chi connectivity index (χ2v) is 5.96. The molecule has 5 heteroatoms. The van der Waals surface area contributed by atoms with Gasteiger partial charge in [-0.15, -0.1) is 0 Å². The van der Waals surface area contributed by atoms with Crippen LogP contribution in [0.3, 0.4) is 0 Å². The molecule has 0 bridgehead atoms. The lowest BCUT2D eigenvalue weighted by molar-refractivity contribution is -0.125. The molecule has 0 saturated heterocycles. The number of carbonyl (C=O) groups is 1. The number of nitrogens with zero attached hydrogens (tertiary/aromatic N) is 1. The van der Waals surface area contributed by atoms with Crippen LogP contribution in [0.25, 0.3) is 6.08 Å². The monoisotopic (exact) mass is 377 g/mol. The van der Waals surface area contributed by atoms with Gasteiger partial charge in [0.1, 0.15) is 0 Å². The normalized spacial score (nSPS) is 10.8. The van der Waals surface area contributed by atoms with E-state index in [1.54, 1.807) is 25.3 Å². The molecule has 2 aromatic rings. The summed E-state index contributed by atoms with van der Waals surface area (Å²) in [6.07, 6.45) is 3.25. The van der Waals surface area contributed by atoms with E-state index < -0.39 is 5.82 Å². The number of halogens is 2. The highest BCUT2D eigenvalue weighted by Gasteiger charge is 2.08. The first-order valence-corrected chi connectivity index (χ1v) is 7.80. The number of carbonyl (C=O) groups excluding carboxylic acids is 1. The quantitative estimate of drug-likeness (QED) is 0.728. The second-order valence-electron chi connectivity index (χ2n) is 5.05. The number of amides is 1. The fourth-order valence-electron chi connectivity index (χ4n) is 2.03. The Morgan fingerprint density at radius 2 is 1.96 bits per heavy atom. The third-order valence-corrected chi connectivity index (χ3v) is 3.83. The molecule has 120 valence electrons. The van der Waals surface area contributed by atoms with Gasteiger partial charge in [0.2, 0.25) is 5.91 Å². The Labute approximate surface area is 143 Å². The largest absolute Gasteiger partial charge is 0.494 e. The van der Waals surface area contributed by atoms with Crippen LogP contribution in [0, 0.1) is 5.82 Å². The fourth-order valence-corrected chi connectivity index (χ4v) is 2.29. The molecule has 0 fully saturated rings. The number of hydrogen-bond acceptors (Lipinski definition) is 2. The van der Waals surface area contributed by atoms with Gasteiger partial charge in [0, 0.05) is 24.1 Å². The van der Waals surface area contributed by atoms with Crippen molar-refractivity contribution in [2.75, 3.05) is 14.2 Å². The first-order valence-electron chi connectivity index (χ1n) is 7.01. The average molecular weight is 378 g/mol. The zero-order valence-corrected chi connectivity index (χ0v) is 14.5. The van der Waals surface area contributed by atoms with E-state index in [9.17, 15) is 9.18 Å². The summed E-state index contributed by atoms with van der Waals surface area (Å²) < 4.78 is 19.5. The van der Waals surface area contributed by atoms with Crippen LogP contribution in [0.15, 0.2) is 53.0 Å². The Hall–Kier alpha value is -2.14. The van der Waals surface area contributed by atoms with Gasteiger partial charge in [-0.3, -0.25) is 4.79 Å². The van der Waals surface area contributed by atoms with Crippen molar-refractivity contribution in [3.63, 3.8) is 0 Å². The summed E-state index contributed by atoms with van der Waals surface area (Å²) in [6, 6.07) is 12.3. The fraction of sp³-hybridized carbons (Fsp3) is 0.167. The summed E-state index contributed by atoms with van der Waals surface area (Å²) in [4.78, 5) is 13.6. The van der Waals surface area contributed by atoms with Crippen molar-refractivity contribution in [1.29, 1.82) is 0 Å². The molecule has 0 aliphatic carbocycles. The number of benzene rings is 2. The summed E-state index contributed by atoms with van der Waals surface area (Å²) in [6.45, 7) is 0.324. The van der Waals surface area contributed by atoms with Crippen molar-refractivity contribution in [3.8, 4) is 5.75 Å². The van der Waals surface area contributed by atoms with Gasteiger partial charge < -0.3 is 9.64 Å². The highest BCUT2D eigenvalue weighted by molar-refractivity contribution is 9.10.